The predicted molar refractivity (Wildman–Crippen MR) is 64.2 cm³/mol. The minimum atomic E-state index is -0.405. The minimum Gasteiger partial charge on any atom is -0.489 e. The third-order valence-electron chi connectivity index (χ3n) is 2.93. The Balaban J connectivity index is 1.96. The zero-order valence-electron chi connectivity index (χ0n) is 9.83. The Kier molecular flexibility index (Phi) is 3.58. The van der Waals surface area contributed by atoms with Crippen molar-refractivity contribution in [3.05, 3.63) is 34.4 Å². The molecule has 1 unspecified atom stereocenters. The lowest BCUT2D eigenvalue weighted by molar-refractivity contribution is -0.384. The maximum Gasteiger partial charge on any atom is 0.269 e. The zero-order chi connectivity index (χ0) is 12.3. The van der Waals surface area contributed by atoms with E-state index in [1.165, 1.54) is 12.1 Å². The molecule has 0 radical (unpaired) electrons. The van der Waals surface area contributed by atoms with Gasteiger partial charge in [0.05, 0.1) is 4.92 Å². The normalized spacial score (nSPS) is 21.1. The van der Waals surface area contributed by atoms with E-state index in [4.69, 9.17) is 4.74 Å². The highest BCUT2D eigenvalue weighted by Crippen LogP contribution is 2.21. The molecule has 0 N–H and O–H groups in total. The van der Waals surface area contributed by atoms with Crippen LogP contribution in [0.15, 0.2) is 24.3 Å². The van der Waals surface area contributed by atoms with Crippen molar-refractivity contribution in [1.82, 2.24) is 4.90 Å². The third-order valence-corrected chi connectivity index (χ3v) is 2.93. The highest BCUT2D eigenvalue weighted by Gasteiger charge is 2.18. The first-order chi connectivity index (χ1) is 8.15. The Morgan fingerprint density at radius 3 is 2.71 bits per heavy atom. The lowest BCUT2D eigenvalue weighted by Gasteiger charge is -2.29. The van der Waals surface area contributed by atoms with Crippen LogP contribution in [0, 0.1) is 10.1 Å². The van der Waals surface area contributed by atoms with Crippen LogP contribution in [0.3, 0.4) is 0 Å². The summed E-state index contributed by atoms with van der Waals surface area (Å²) in [5.41, 5.74) is 0.0955. The van der Waals surface area contributed by atoms with E-state index in [9.17, 15) is 10.1 Å². The first-order valence-corrected chi connectivity index (χ1v) is 5.75. The molecule has 0 aromatic heterocycles. The van der Waals surface area contributed by atoms with E-state index in [-0.39, 0.29) is 11.8 Å². The van der Waals surface area contributed by atoms with E-state index in [1.54, 1.807) is 12.1 Å². The van der Waals surface area contributed by atoms with Crippen LogP contribution in [0.4, 0.5) is 5.69 Å². The summed E-state index contributed by atoms with van der Waals surface area (Å²) in [5, 5.41) is 10.5. The number of likely N-dealkylation sites (N-methyl/N-ethyl adjacent to an activating group) is 1. The Morgan fingerprint density at radius 2 is 2.12 bits per heavy atom. The van der Waals surface area contributed by atoms with Crippen molar-refractivity contribution >= 4 is 5.69 Å². The Hall–Kier alpha value is -1.62. The van der Waals surface area contributed by atoms with Gasteiger partial charge in [0, 0.05) is 18.7 Å². The zero-order valence-corrected chi connectivity index (χ0v) is 9.83. The van der Waals surface area contributed by atoms with Gasteiger partial charge in [-0.15, -0.1) is 0 Å². The van der Waals surface area contributed by atoms with Gasteiger partial charge in [-0.2, -0.15) is 0 Å². The number of rotatable bonds is 3. The van der Waals surface area contributed by atoms with E-state index in [2.05, 4.69) is 11.9 Å². The molecule has 1 aliphatic rings. The first kappa shape index (κ1) is 11.9. The van der Waals surface area contributed by atoms with Gasteiger partial charge in [-0.25, -0.2) is 0 Å². The van der Waals surface area contributed by atoms with Gasteiger partial charge in [-0.3, -0.25) is 10.1 Å². The number of benzene rings is 1. The summed E-state index contributed by atoms with van der Waals surface area (Å²) >= 11 is 0. The van der Waals surface area contributed by atoms with Crippen LogP contribution >= 0.6 is 0 Å². The summed E-state index contributed by atoms with van der Waals surface area (Å²) in [6.45, 7) is 2.02. The molecule has 0 amide bonds. The molecule has 5 heteroatoms. The van der Waals surface area contributed by atoms with E-state index < -0.39 is 4.92 Å². The van der Waals surface area contributed by atoms with E-state index in [1.807, 2.05) is 0 Å². The van der Waals surface area contributed by atoms with Crippen molar-refractivity contribution in [3.8, 4) is 5.75 Å². The number of hydrogen-bond donors (Lipinski definition) is 0. The van der Waals surface area contributed by atoms with Crippen LogP contribution in [0.5, 0.6) is 5.75 Å². The second-order valence-electron chi connectivity index (χ2n) is 4.40. The van der Waals surface area contributed by atoms with E-state index in [0.717, 1.165) is 25.9 Å². The quantitative estimate of drug-likeness (QED) is 0.595. The van der Waals surface area contributed by atoms with Crippen LogP contribution in [0.1, 0.15) is 12.8 Å². The Labute approximate surface area is 100 Å². The van der Waals surface area contributed by atoms with Gasteiger partial charge < -0.3 is 9.64 Å². The first-order valence-electron chi connectivity index (χ1n) is 5.75. The van der Waals surface area contributed by atoms with Gasteiger partial charge in [0.2, 0.25) is 0 Å². The molecule has 0 bridgehead atoms. The number of nitro groups is 1. The minimum absolute atomic E-state index is 0.0955. The molecular weight excluding hydrogens is 220 g/mol. The summed E-state index contributed by atoms with van der Waals surface area (Å²) < 4.78 is 5.80. The number of piperidine rings is 1. The van der Waals surface area contributed by atoms with Crippen molar-refractivity contribution in [1.29, 1.82) is 0 Å². The SMILES string of the molecule is CN1CCCC(Oc2ccc([N+](=O)[O-])cc2)C1. The van der Waals surface area contributed by atoms with Crippen LogP contribution in [0.2, 0.25) is 0 Å². The van der Waals surface area contributed by atoms with Crippen molar-refractivity contribution in [2.45, 2.75) is 18.9 Å². The van der Waals surface area contributed by atoms with Crippen molar-refractivity contribution in [2.75, 3.05) is 20.1 Å². The molecule has 1 aliphatic heterocycles. The summed E-state index contributed by atoms with van der Waals surface area (Å²) in [5.74, 6) is 0.705. The van der Waals surface area contributed by atoms with Gasteiger partial charge in [0.25, 0.3) is 5.69 Å². The molecule has 2 rings (SSSR count). The summed E-state index contributed by atoms with van der Waals surface area (Å²) in [6, 6.07) is 6.27. The fourth-order valence-corrected chi connectivity index (χ4v) is 2.05. The van der Waals surface area contributed by atoms with Gasteiger partial charge in [-0.05, 0) is 38.6 Å². The molecule has 92 valence electrons. The summed E-state index contributed by atoms with van der Waals surface area (Å²) in [6.07, 6.45) is 2.37. The summed E-state index contributed by atoms with van der Waals surface area (Å²) in [7, 11) is 2.07. The molecule has 1 aromatic carbocycles. The number of ether oxygens (including phenoxy) is 1. The van der Waals surface area contributed by atoms with E-state index in [0.29, 0.717) is 5.75 Å². The van der Waals surface area contributed by atoms with Crippen LogP contribution in [-0.4, -0.2) is 36.1 Å². The third kappa shape index (κ3) is 3.17. The number of hydrogen-bond acceptors (Lipinski definition) is 4. The summed E-state index contributed by atoms with van der Waals surface area (Å²) in [4.78, 5) is 12.3. The molecule has 1 saturated heterocycles. The molecular formula is C12H16N2O3. The molecule has 1 fully saturated rings. The molecule has 1 atom stereocenters. The molecule has 0 saturated carbocycles. The Bertz CT molecular complexity index is 391. The monoisotopic (exact) mass is 236 g/mol. The van der Waals surface area contributed by atoms with Gasteiger partial charge in [0.1, 0.15) is 11.9 Å². The van der Waals surface area contributed by atoms with E-state index >= 15 is 0 Å². The highest BCUT2D eigenvalue weighted by atomic mass is 16.6. The number of likely N-dealkylation sites (tertiary alicyclic amines) is 1. The van der Waals surface area contributed by atoms with Crippen molar-refractivity contribution in [3.63, 3.8) is 0 Å². The van der Waals surface area contributed by atoms with Crippen molar-refractivity contribution in [2.24, 2.45) is 0 Å². The van der Waals surface area contributed by atoms with Crippen LogP contribution in [-0.2, 0) is 0 Å². The number of nitrogens with zero attached hydrogens (tertiary/aromatic N) is 2. The molecule has 0 spiro atoms. The number of non-ortho nitro benzene ring substituents is 1. The lowest BCUT2D eigenvalue weighted by atomic mass is 10.1. The molecule has 0 aliphatic carbocycles. The van der Waals surface area contributed by atoms with Crippen LogP contribution < -0.4 is 4.74 Å². The molecule has 17 heavy (non-hydrogen) atoms. The second kappa shape index (κ2) is 5.14. The fraction of sp³-hybridized carbons (Fsp3) is 0.500. The average Bonchev–Trinajstić information content (AvgIpc) is 2.29. The fourth-order valence-electron chi connectivity index (χ4n) is 2.05. The van der Waals surface area contributed by atoms with Crippen LogP contribution in [0.25, 0.3) is 0 Å². The smallest absolute Gasteiger partial charge is 0.269 e. The van der Waals surface area contributed by atoms with Gasteiger partial charge in [-0.1, -0.05) is 0 Å². The number of nitro benzene ring substituents is 1. The topological polar surface area (TPSA) is 55.6 Å². The van der Waals surface area contributed by atoms with Gasteiger partial charge in [0.15, 0.2) is 0 Å². The van der Waals surface area contributed by atoms with Gasteiger partial charge >= 0.3 is 0 Å². The predicted octanol–water partition coefficient (Wildman–Crippen LogP) is 2.07. The standard InChI is InChI=1S/C12H16N2O3/c1-13-8-2-3-12(9-13)17-11-6-4-10(5-7-11)14(15)16/h4-7,12H,2-3,8-9H2,1H3. The second-order valence-corrected chi connectivity index (χ2v) is 4.40. The average molecular weight is 236 g/mol. The maximum absolute atomic E-state index is 10.5. The Morgan fingerprint density at radius 1 is 1.41 bits per heavy atom. The lowest BCUT2D eigenvalue weighted by Crippen LogP contribution is -2.38. The maximum atomic E-state index is 10.5. The highest BCUT2D eigenvalue weighted by molar-refractivity contribution is 5.36. The molecule has 1 aromatic rings. The largest absolute Gasteiger partial charge is 0.489 e. The van der Waals surface area contributed by atoms with Crippen molar-refractivity contribution < 1.29 is 9.66 Å². The molecule has 1 heterocycles. The molecule has 5 nitrogen and oxygen atoms in total.